The summed E-state index contributed by atoms with van der Waals surface area (Å²) in [4.78, 5) is 15.7. The van der Waals surface area contributed by atoms with Crippen molar-refractivity contribution < 1.29 is 4.79 Å². The summed E-state index contributed by atoms with van der Waals surface area (Å²) < 4.78 is 0. The van der Waals surface area contributed by atoms with E-state index in [-0.39, 0.29) is 11.1 Å². The van der Waals surface area contributed by atoms with Crippen LogP contribution in [-0.4, -0.2) is 16.1 Å². The number of carbonyl (C=O) groups is 1. The molecule has 0 atom stereocenters. The van der Waals surface area contributed by atoms with E-state index in [1.54, 1.807) is 24.3 Å². The maximum Gasteiger partial charge on any atom is 0.191 e. The van der Waals surface area contributed by atoms with Crippen LogP contribution in [0.2, 0.25) is 10.0 Å². The lowest BCUT2D eigenvalue weighted by Crippen LogP contribution is -2.02. The van der Waals surface area contributed by atoms with Gasteiger partial charge in [-0.3, -0.25) is 4.79 Å². The SMILES string of the molecule is O=C(CBr)c1ccc2cc(Cl)cc(Cl)c2n1. The van der Waals surface area contributed by atoms with Crippen LogP contribution in [-0.2, 0) is 0 Å². The average Bonchev–Trinajstić information content (AvgIpc) is 2.27. The fourth-order valence-corrected chi connectivity index (χ4v) is 2.22. The molecule has 5 heteroatoms. The van der Waals surface area contributed by atoms with Gasteiger partial charge in [-0.05, 0) is 18.2 Å². The second-order valence-electron chi connectivity index (χ2n) is 3.21. The standard InChI is InChI=1S/C11H6BrCl2NO/c12-5-10(16)9-2-1-6-3-7(13)4-8(14)11(6)15-9/h1-4H,5H2. The first-order chi connectivity index (χ1) is 7.61. The first-order valence-electron chi connectivity index (χ1n) is 4.47. The predicted octanol–water partition coefficient (Wildman–Crippen LogP) is 4.12. The smallest absolute Gasteiger partial charge is 0.191 e. The van der Waals surface area contributed by atoms with Crippen LogP contribution < -0.4 is 0 Å². The van der Waals surface area contributed by atoms with Gasteiger partial charge in [-0.2, -0.15) is 0 Å². The number of ketones is 1. The van der Waals surface area contributed by atoms with E-state index in [9.17, 15) is 4.79 Å². The maximum absolute atomic E-state index is 11.5. The van der Waals surface area contributed by atoms with Gasteiger partial charge in [0.05, 0.1) is 15.9 Å². The van der Waals surface area contributed by atoms with Crippen LogP contribution in [0.15, 0.2) is 24.3 Å². The van der Waals surface area contributed by atoms with Crippen LogP contribution in [0, 0.1) is 0 Å². The highest BCUT2D eigenvalue weighted by Crippen LogP contribution is 2.26. The summed E-state index contributed by atoms with van der Waals surface area (Å²) in [5.41, 5.74) is 0.992. The molecule has 0 saturated carbocycles. The molecule has 0 N–H and O–H groups in total. The number of nitrogens with zero attached hydrogens (tertiary/aromatic N) is 1. The number of Topliss-reactive ketones (excluding diaryl/α,β-unsaturated/α-hetero) is 1. The minimum absolute atomic E-state index is 0.0760. The van der Waals surface area contributed by atoms with E-state index >= 15 is 0 Å². The highest BCUT2D eigenvalue weighted by molar-refractivity contribution is 9.09. The third-order valence-electron chi connectivity index (χ3n) is 2.12. The number of hydrogen-bond donors (Lipinski definition) is 0. The Morgan fingerprint density at radius 2 is 2.06 bits per heavy atom. The van der Waals surface area contributed by atoms with Crippen LogP contribution in [0.4, 0.5) is 0 Å². The minimum atomic E-state index is -0.0760. The van der Waals surface area contributed by atoms with E-state index in [0.717, 1.165) is 5.39 Å². The number of carbonyl (C=O) groups excluding carboxylic acids is 1. The Labute approximate surface area is 111 Å². The van der Waals surface area contributed by atoms with Crippen molar-refractivity contribution in [2.75, 3.05) is 5.33 Å². The van der Waals surface area contributed by atoms with Gasteiger partial charge in [-0.1, -0.05) is 45.2 Å². The molecule has 0 bridgehead atoms. The molecule has 1 aromatic heterocycles. The highest BCUT2D eigenvalue weighted by Gasteiger charge is 2.09. The molecule has 0 fully saturated rings. The Morgan fingerprint density at radius 1 is 1.31 bits per heavy atom. The molecule has 0 unspecified atom stereocenters. The van der Waals surface area contributed by atoms with E-state index in [1.165, 1.54) is 0 Å². The zero-order chi connectivity index (χ0) is 11.7. The first-order valence-corrected chi connectivity index (χ1v) is 6.34. The lowest BCUT2D eigenvalue weighted by atomic mass is 10.2. The molecule has 0 aliphatic carbocycles. The van der Waals surface area contributed by atoms with Crippen LogP contribution in [0.1, 0.15) is 10.5 Å². The molecule has 2 rings (SSSR count). The fourth-order valence-electron chi connectivity index (χ4n) is 1.38. The van der Waals surface area contributed by atoms with Crippen molar-refractivity contribution in [1.29, 1.82) is 0 Å². The molecule has 0 aliphatic rings. The van der Waals surface area contributed by atoms with Crippen molar-refractivity contribution in [2.24, 2.45) is 0 Å². The Balaban J connectivity index is 2.66. The van der Waals surface area contributed by atoms with Gasteiger partial charge in [0, 0.05) is 10.4 Å². The minimum Gasteiger partial charge on any atom is -0.291 e. The largest absolute Gasteiger partial charge is 0.291 e. The van der Waals surface area contributed by atoms with Crippen molar-refractivity contribution in [2.45, 2.75) is 0 Å². The van der Waals surface area contributed by atoms with E-state index in [4.69, 9.17) is 23.2 Å². The van der Waals surface area contributed by atoms with Gasteiger partial charge >= 0.3 is 0 Å². The lowest BCUT2D eigenvalue weighted by Gasteiger charge is -2.03. The Kier molecular flexibility index (Phi) is 3.47. The summed E-state index contributed by atoms with van der Waals surface area (Å²) in [5, 5.41) is 2.07. The maximum atomic E-state index is 11.5. The second-order valence-corrected chi connectivity index (χ2v) is 4.62. The summed E-state index contributed by atoms with van der Waals surface area (Å²) in [6.45, 7) is 0. The molecule has 1 aromatic carbocycles. The van der Waals surface area contributed by atoms with Crippen molar-refractivity contribution in [1.82, 2.24) is 4.98 Å². The lowest BCUT2D eigenvalue weighted by molar-refractivity contribution is 0.101. The summed E-state index contributed by atoms with van der Waals surface area (Å²) in [5.74, 6) is -0.0760. The number of benzene rings is 1. The van der Waals surface area contributed by atoms with Crippen LogP contribution in [0.3, 0.4) is 0 Å². The van der Waals surface area contributed by atoms with E-state index in [1.807, 2.05) is 0 Å². The molecule has 0 amide bonds. The number of aromatic nitrogens is 1. The summed E-state index contributed by atoms with van der Waals surface area (Å²) in [6.07, 6.45) is 0. The van der Waals surface area contributed by atoms with Crippen LogP contribution in [0.25, 0.3) is 10.9 Å². The van der Waals surface area contributed by atoms with Gasteiger partial charge in [-0.15, -0.1) is 0 Å². The number of alkyl halides is 1. The molecule has 16 heavy (non-hydrogen) atoms. The van der Waals surface area contributed by atoms with Gasteiger partial charge < -0.3 is 0 Å². The Bertz CT molecular complexity index is 571. The molecule has 82 valence electrons. The predicted molar refractivity (Wildman–Crippen MR) is 69.9 cm³/mol. The van der Waals surface area contributed by atoms with Gasteiger partial charge in [0.15, 0.2) is 5.78 Å². The van der Waals surface area contributed by atoms with Gasteiger partial charge in [0.1, 0.15) is 5.69 Å². The molecule has 0 aliphatic heterocycles. The van der Waals surface area contributed by atoms with Crippen molar-refractivity contribution in [3.8, 4) is 0 Å². The average molecular weight is 319 g/mol. The third kappa shape index (κ3) is 2.21. The monoisotopic (exact) mass is 317 g/mol. The molecule has 0 saturated heterocycles. The molecule has 0 radical (unpaired) electrons. The normalized spacial score (nSPS) is 10.7. The van der Waals surface area contributed by atoms with E-state index < -0.39 is 0 Å². The summed E-state index contributed by atoms with van der Waals surface area (Å²) >= 11 is 15.0. The van der Waals surface area contributed by atoms with Gasteiger partial charge in [-0.25, -0.2) is 4.98 Å². The zero-order valence-corrected chi connectivity index (χ0v) is 11.1. The van der Waals surface area contributed by atoms with Crippen LogP contribution in [0.5, 0.6) is 0 Å². The van der Waals surface area contributed by atoms with Crippen molar-refractivity contribution in [3.05, 3.63) is 40.0 Å². The molecule has 1 heterocycles. The Morgan fingerprint density at radius 3 is 2.75 bits per heavy atom. The molecule has 2 aromatic rings. The van der Waals surface area contributed by atoms with E-state index in [2.05, 4.69) is 20.9 Å². The van der Waals surface area contributed by atoms with Crippen molar-refractivity contribution >= 4 is 55.8 Å². The highest BCUT2D eigenvalue weighted by atomic mass is 79.9. The zero-order valence-electron chi connectivity index (χ0n) is 8.01. The first kappa shape index (κ1) is 11.8. The molecular formula is C11H6BrCl2NO. The van der Waals surface area contributed by atoms with Gasteiger partial charge in [0.2, 0.25) is 0 Å². The van der Waals surface area contributed by atoms with E-state index in [0.29, 0.717) is 21.3 Å². The topological polar surface area (TPSA) is 30.0 Å². The van der Waals surface area contributed by atoms with Gasteiger partial charge in [0.25, 0.3) is 0 Å². The number of rotatable bonds is 2. The number of hydrogen-bond acceptors (Lipinski definition) is 2. The van der Waals surface area contributed by atoms with Crippen molar-refractivity contribution in [3.63, 3.8) is 0 Å². The fraction of sp³-hybridized carbons (Fsp3) is 0.0909. The van der Waals surface area contributed by atoms with Crippen LogP contribution >= 0.6 is 39.1 Å². The second kappa shape index (κ2) is 4.70. The molecular weight excluding hydrogens is 313 g/mol. The quantitative estimate of drug-likeness (QED) is 0.616. The molecule has 2 nitrogen and oxygen atoms in total. The molecule has 0 spiro atoms. The third-order valence-corrected chi connectivity index (χ3v) is 3.13. The number of fused-ring (bicyclic) bond motifs is 1. The number of pyridine rings is 1. The number of halogens is 3. The Hall–Kier alpha value is -0.640. The summed E-state index contributed by atoms with van der Waals surface area (Å²) in [7, 11) is 0. The summed E-state index contributed by atoms with van der Waals surface area (Å²) in [6, 6.07) is 6.83.